The van der Waals surface area contributed by atoms with E-state index in [4.69, 9.17) is 37.7 Å². The summed E-state index contributed by atoms with van der Waals surface area (Å²) in [6, 6.07) is 9.29. The van der Waals surface area contributed by atoms with Crippen molar-refractivity contribution in [1.82, 2.24) is 24.8 Å². The number of hydrogen-bond donors (Lipinski definition) is 0. The van der Waals surface area contributed by atoms with Gasteiger partial charge in [-0.05, 0) is 43.3 Å². The molecule has 38 heavy (non-hydrogen) atoms. The molecule has 2 aromatic heterocycles. The van der Waals surface area contributed by atoms with Gasteiger partial charge in [-0.3, -0.25) is 4.90 Å². The molecule has 1 aromatic carbocycles. The molecule has 3 aromatic rings. The number of carbonyl (C=O) groups is 1. The topological polar surface area (TPSA) is 83.9 Å². The van der Waals surface area contributed by atoms with Crippen LogP contribution in [0.1, 0.15) is 12.0 Å². The summed E-state index contributed by atoms with van der Waals surface area (Å²) in [6.45, 7) is 6.19. The molecule has 5 rings (SSSR count). The number of likely N-dealkylation sites (N-methyl/N-ethyl adjacent to an activating group) is 1. The summed E-state index contributed by atoms with van der Waals surface area (Å²) in [4.78, 5) is 31.2. The van der Waals surface area contributed by atoms with E-state index in [0.29, 0.717) is 39.9 Å². The normalized spacial score (nSPS) is 18.6. The van der Waals surface area contributed by atoms with Crippen LogP contribution in [0.2, 0.25) is 10.0 Å². The maximum Gasteiger partial charge on any atom is 0.225 e. The predicted octanol–water partition coefficient (Wildman–Crippen LogP) is 4.18. The highest BCUT2D eigenvalue weighted by atomic mass is 35.5. The Balaban J connectivity index is 1.36. The molecule has 0 spiro atoms. The molecule has 0 amide bonds. The van der Waals surface area contributed by atoms with Crippen LogP contribution in [0.3, 0.4) is 0 Å². The van der Waals surface area contributed by atoms with Gasteiger partial charge in [0, 0.05) is 67.5 Å². The molecule has 2 saturated heterocycles. The van der Waals surface area contributed by atoms with Crippen molar-refractivity contribution in [2.75, 3.05) is 57.8 Å². The second-order valence-corrected chi connectivity index (χ2v) is 10.5. The van der Waals surface area contributed by atoms with E-state index in [1.807, 2.05) is 24.3 Å². The van der Waals surface area contributed by atoms with E-state index in [1.54, 1.807) is 18.5 Å². The van der Waals surface area contributed by atoms with Gasteiger partial charge in [0.2, 0.25) is 11.8 Å². The Hall–Kier alpha value is -2.82. The summed E-state index contributed by atoms with van der Waals surface area (Å²) in [7, 11) is 2.12. The van der Waals surface area contributed by atoms with E-state index < -0.39 is 0 Å². The summed E-state index contributed by atoms with van der Waals surface area (Å²) in [5, 5.41) is 1.06. The van der Waals surface area contributed by atoms with Gasteiger partial charge in [-0.1, -0.05) is 23.2 Å². The molecule has 0 saturated carbocycles. The molecule has 4 heterocycles. The molecule has 2 aliphatic rings. The second kappa shape index (κ2) is 12.4. The largest absolute Gasteiger partial charge is 0.436 e. The first-order chi connectivity index (χ1) is 18.4. The van der Waals surface area contributed by atoms with Crippen molar-refractivity contribution in [2.45, 2.75) is 19.1 Å². The summed E-state index contributed by atoms with van der Waals surface area (Å²) in [6.07, 6.45) is 5.09. The third kappa shape index (κ3) is 6.98. The van der Waals surface area contributed by atoms with E-state index in [0.717, 1.165) is 63.1 Å². The number of aromatic nitrogens is 3. The van der Waals surface area contributed by atoms with Crippen LogP contribution in [0, 0.1) is 0 Å². The first-order valence-electron chi connectivity index (χ1n) is 12.6. The van der Waals surface area contributed by atoms with Crippen molar-refractivity contribution in [3.63, 3.8) is 0 Å². The highest BCUT2D eigenvalue weighted by Gasteiger charge is 2.23. The Morgan fingerprint density at radius 2 is 1.74 bits per heavy atom. The minimum absolute atomic E-state index is 0.0555. The first kappa shape index (κ1) is 26.8. The number of piperazine rings is 1. The van der Waals surface area contributed by atoms with Crippen molar-refractivity contribution in [1.29, 1.82) is 0 Å². The molecule has 0 radical (unpaired) electrons. The zero-order valence-electron chi connectivity index (χ0n) is 21.2. The molecule has 0 N–H and O–H groups in total. The maximum absolute atomic E-state index is 10.7. The molecule has 0 aliphatic carbocycles. The summed E-state index contributed by atoms with van der Waals surface area (Å²) < 4.78 is 11.7. The highest BCUT2D eigenvalue weighted by Crippen LogP contribution is 2.30. The smallest absolute Gasteiger partial charge is 0.225 e. The number of rotatable bonds is 9. The van der Waals surface area contributed by atoms with Gasteiger partial charge in [0.25, 0.3) is 0 Å². The van der Waals surface area contributed by atoms with E-state index in [1.165, 1.54) is 0 Å². The number of nitrogens with zero attached hydrogens (tertiary/aromatic N) is 6. The van der Waals surface area contributed by atoms with Gasteiger partial charge in [-0.2, -0.15) is 0 Å². The van der Waals surface area contributed by atoms with Gasteiger partial charge >= 0.3 is 0 Å². The van der Waals surface area contributed by atoms with Crippen LogP contribution < -0.4 is 9.64 Å². The Bertz CT molecular complexity index is 1230. The Kier molecular flexibility index (Phi) is 8.71. The molecular weight excluding hydrogens is 527 g/mol. The summed E-state index contributed by atoms with van der Waals surface area (Å²) in [5.74, 6) is 1.63. The first-order valence-corrected chi connectivity index (χ1v) is 13.4. The van der Waals surface area contributed by atoms with Gasteiger partial charge in [0.1, 0.15) is 12.9 Å². The molecule has 1 unspecified atom stereocenters. The molecule has 2 aliphatic heterocycles. The van der Waals surface area contributed by atoms with Crippen molar-refractivity contribution in [3.8, 4) is 22.9 Å². The van der Waals surface area contributed by atoms with Crippen LogP contribution in [0.4, 0.5) is 5.95 Å². The van der Waals surface area contributed by atoms with Crippen LogP contribution in [0.25, 0.3) is 11.3 Å². The highest BCUT2D eigenvalue weighted by molar-refractivity contribution is 6.35. The molecule has 9 nitrogen and oxygen atoms in total. The lowest BCUT2D eigenvalue weighted by molar-refractivity contribution is -0.113. The quantitative estimate of drug-likeness (QED) is 0.360. The Morgan fingerprint density at radius 1 is 1.00 bits per heavy atom. The number of pyridine rings is 1. The molecular formula is C27H30Cl2N6O3. The molecule has 11 heteroatoms. The fraction of sp³-hybridized carbons (Fsp3) is 0.407. The summed E-state index contributed by atoms with van der Waals surface area (Å²) in [5.41, 5.74) is 2.52. The number of benzene rings is 1. The van der Waals surface area contributed by atoms with Gasteiger partial charge < -0.3 is 24.1 Å². The minimum atomic E-state index is 0.0555. The third-order valence-corrected chi connectivity index (χ3v) is 7.11. The number of likely N-dealkylation sites (tertiary alicyclic amines) is 1. The van der Waals surface area contributed by atoms with E-state index in [-0.39, 0.29) is 12.7 Å². The maximum atomic E-state index is 10.7. The van der Waals surface area contributed by atoms with E-state index >= 15 is 0 Å². The number of anilines is 1. The van der Waals surface area contributed by atoms with Gasteiger partial charge in [-0.15, -0.1) is 0 Å². The fourth-order valence-electron chi connectivity index (χ4n) is 4.72. The zero-order chi connectivity index (χ0) is 26.5. The SMILES string of the molecule is CN1CCN(c2ncc(Oc3cc(CN4CCC(OCC=O)C4)cc(-c4cc(Cl)cc(Cl)c4)n3)cn2)CC1. The van der Waals surface area contributed by atoms with Crippen molar-refractivity contribution >= 4 is 35.4 Å². The number of ether oxygens (including phenoxy) is 2. The van der Waals surface area contributed by atoms with E-state index in [9.17, 15) is 4.79 Å². The van der Waals surface area contributed by atoms with Gasteiger partial charge in [0.15, 0.2) is 5.75 Å². The molecule has 0 bridgehead atoms. The lowest BCUT2D eigenvalue weighted by Gasteiger charge is -2.32. The number of halogens is 2. The molecule has 200 valence electrons. The van der Waals surface area contributed by atoms with E-state index in [2.05, 4.69) is 31.7 Å². The average Bonchev–Trinajstić information content (AvgIpc) is 3.35. The van der Waals surface area contributed by atoms with Crippen molar-refractivity contribution in [3.05, 3.63) is 58.3 Å². The third-order valence-electron chi connectivity index (χ3n) is 6.68. The van der Waals surface area contributed by atoms with Gasteiger partial charge in [-0.25, -0.2) is 15.0 Å². The number of carbonyl (C=O) groups excluding carboxylic acids is 1. The molecule has 1 atom stereocenters. The van der Waals surface area contributed by atoms with Crippen LogP contribution in [-0.4, -0.2) is 90.1 Å². The van der Waals surface area contributed by atoms with Gasteiger partial charge in [0.05, 0.1) is 24.2 Å². The second-order valence-electron chi connectivity index (χ2n) is 9.61. The lowest BCUT2D eigenvalue weighted by atomic mass is 10.1. The zero-order valence-corrected chi connectivity index (χ0v) is 22.7. The standard InChI is InChI=1S/C27H30Cl2N6O3/c1-33-4-6-35(7-5-33)27-30-15-24(16-31-27)38-26-11-19(17-34-3-2-23(18-34)37-9-8-36)10-25(32-26)20-12-21(28)14-22(29)13-20/h8,10-16,23H,2-7,9,17-18H2,1H3. The van der Waals surface area contributed by atoms with Crippen LogP contribution >= 0.6 is 23.2 Å². The molecule has 2 fully saturated rings. The number of aldehydes is 1. The van der Waals surface area contributed by atoms with Crippen LogP contribution in [0.15, 0.2) is 42.7 Å². The van der Waals surface area contributed by atoms with Crippen LogP contribution in [0.5, 0.6) is 11.6 Å². The monoisotopic (exact) mass is 556 g/mol. The number of hydrogen-bond acceptors (Lipinski definition) is 9. The average molecular weight is 557 g/mol. The van der Waals surface area contributed by atoms with Crippen LogP contribution in [-0.2, 0) is 16.1 Å². The fourth-order valence-corrected chi connectivity index (χ4v) is 5.24. The lowest BCUT2D eigenvalue weighted by Crippen LogP contribution is -2.45. The van der Waals surface area contributed by atoms with Crippen molar-refractivity contribution < 1.29 is 14.3 Å². The summed E-state index contributed by atoms with van der Waals surface area (Å²) >= 11 is 12.6. The predicted molar refractivity (Wildman–Crippen MR) is 147 cm³/mol. The minimum Gasteiger partial charge on any atom is -0.436 e. The van der Waals surface area contributed by atoms with Crippen molar-refractivity contribution in [2.24, 2.45) is 0 Å². The Labute approximate surface area is 232 Å². The Morgan fingerprint density at radius 3 is 2.45 bits per heavy atom.